The van der Waals surface area contributed by atoms with Gasteiger partial charge in [-0.1, -0.05) is 70.4 Å². The monoisotopic (exact) mass is 266 g/mol. The fourth-order valence-electron chi connectivity index (χ4n) is 2.62. The molecule has 0 unspecified atom stereocenters. The number of nitrogen functional groups attached to an aromatic ring is 1. The van der Waals surface area contributed by atoms with Crippen LogP contribution in [0, 0.1) is 0 Å². The zero-order valence-electron chi connectivity index (χ0n) is 12.7. The van der Waals surface area contributed by atoms with E-state index in [1.807, 2.05) is 0 Å². The summed E-state index contributed by atoms with van der Waals surface area (Å²) in [5, 5.41) is 4.11. The Bertz CT molecular complexity index is 310. The van der Waals surface area contributed by atoms with Gasteiger partial charge in [-0.05, 0) is 12.8 Å². The highest BCUT2D eigenvalue weighted by Gasteiger charge is 2.17. The molecule has 19 heavy (non-hydrogen) atoms. The van der Waals surface area contributed by atoms with Gasteiger partial charge in [-0.15, -0.1) is 0 Å². The van der Waals surface area contributed by atoms with Crippen molar-refractivity contribution in [2.75, 3.05) is 5.73 Å². The summed E-state index contributed by atoms with van der Waals surface area (Å²) in [6.45, 7) is 4.50. The SMILES string of the molecule is CCCCCCC(CCCCCC)c1nocc1N. The van der Waals surface area contributed by atoms with Gasteiger partial charge in [-0.3, -0.25) is 0 Å². The topological polar surface area (TPSA) is 52.0 Å². The smallest absolute Gasteiger partial charge is 0.147 e. The Morgan fingerprint density at radius 1 is 1.00 bits per heavy atom. The lowest BCUT2D eigenvalue weighted by Crippen LogP contribution is -2.03. The molecule has 0 saturated heterocycles. The third kappa shape index (κ3) is 6.13. The van der Waals surface area contributed by atoms with Crippen LogP contribution in [0.4, 0.5) is 5.69 Å². The minimum absolute atomic E-state index is 0.493. The van der Waals surface area contributed by atoms with Crippen LogP contribution in [0.1, 0.15) is 89.7 Å². The van der Waals surface area contributed by atoms with E-state index in [1.165, 1.54) is 64.2 Å². The number of rotatable bonds is 11. The maximum Gasteiger partial charge on any atom is 0.147 e. The molecule has 0 aliphatic carbocycles. The molecule has 0 fully saturated rings. The summed E-state index contributed by atoms with van der Waals surface area (Å²) in [5.74, 6) is 0.493. The normalized spacial score (nSPS) is 11.3. The van der Waals surface area contributed by atoms with Crippen molar-refractivity contribution >= 4 is 5.69 Å². The number of anilines is 1. The lowest BCUT2D eigenvalue weighted by atomic mass is 9.91. The van der Waals surface area contributed by atoms with Crippen molar-refractivity contribution in [3.05, 3.63) is 12.0 Å². The van der Waals surface area contributed by atoms with Gasteiger partial charge in [0.15, 0.2) is 0 Å². The first-order chi connectivity index (χ1) is 9.29. The van der Waals surface area contributed by atoms with Crippen molar-refractivity contribution in [3.63, 3.8) is 0 Å². The molecular formula is C16H30N2O. The number of nitrogens with two attached hydrogens (primary N) is 1. The Morgan fingerprint density at radius 3 is 2.00 bits per heavy atom. The van der Waals surface area contributed by atoms with Crippen LogP contribution >= 0.6 is 0 Å². The fourth-order valence-corrected chi connectivity index (χ4v) is 2.62. The number of aromatic nitrogens is 1. The van der Waals surface area contributed by atoms with E-state index >= 15 is 0 Å². The zero-order valence-corrected chi connectivity index (χ0v) is 12.7. The van der Waals surface area contributed by atoms with E-state index in [0.717, 1.165) is 11.4 Å². The van der Waals surface area contributed by atoms with Crippen molar-refractivity contribution < 1.29 is 4.52 Å². The summed E-state index contributed by atoms with van der Waals surface area (Å²) in [4.78, 5) is 0. The van der Waals surface area contributed by atoms with Crippen molar-refractivity contribution in [1.29, 1.82) is 0 Å². The second kappa shape index (κ2) is 9.88. The summed E-state index contributed by atoms with van der Waals surface area (Å²) in [6, 6.07) is 0. The van der Waals surface area contributed by atoms with Crippen molar-refractivity contribution in [2.45, 2.75) is 84.0 Å². The van der Waals surface area contributed by atoms with Crippen LogP contribution in [0.5, 0.6) is 0 Å². The van der Waals surface area contributed by atoms with Gasteiger partial charge in [0, 0.05) is 5.92 Å². The van der Waals surface area contributed by atoms with Crippen LogP contribution in [-0.2, 0) is 0 Å². The molecule has 3 nitrogen and oxygen atoms in total. The summed E-state index contributed by atoms with van der Waals surface area (Å²) in [7, 11) is 0. The molecule has 0 atom stereocenters. The third-order valence-corrected chi connectivity index (χ3v) is 3.83. The van der Waals surface area contributed by atoms with E-state index in [4.69, 9.17) is 10.3 Å². The highest BCUT2D eigenvalue weighted by Crippen LogP contribution is 2.30. The van der Waals surface area contributed by atoms with Crippen molar-refractivity contribution in [3.8, 4) is 0 Å². The van der Waals surface area contributed by atoms with Gasteiger partial charge < -0.3 is 10.3 Å². The third-order valence-electron chi connectivity index (χ3n) is 3.83. The molecular weight excluding hydrogens is 236 g/mol. The maximum absolute atomic E-state index is 5.95. The molecule has 2 N–H and O–H groups in total. The van der Waals surface area contributed by atoms with E-state index < -0.39 is 0 Å². The van der Waals surface area contributed by atoms with Gasteiger partial charge in [-0.2, -0.15) is 0 Å². The predicted octanol–water partition coefficient (Wildman–Crippen LogP) is 5.28. The van der Waals surface area contributed by atoms with Crippen molar-refractivity contribution in [2.24, 2.45) is 0 Å². The quantitative estimate of drug-likeness (QED) is 0.554. The van der Waals surface area contributed by atoms with E-state index in [-0.39, 0.29) is 0 Å². The lowest BCUT2D eigenvalue weighted by Gasteiger charge is -2.14. The number of unbranched alkanes of at least 4 members (excludes halogenated alkanes) is 6. The Balaban J connectivity index is 2.41. The van der Waals surface area contributed by atoms with E-state index in [2.05, 4.69) is 19.0 Å². The Morgan fingerprint density at radius 2 is 1.58 bits per heavy atom. The van der Waals surface area contributed by atoms with Crippen LogP contribution in [-0.4, -0.2) is 5.16 Å². The lowest BCUT2D eigenvalue weighted by molar-refractivity contribution is 0.393. The second-order valence-electron chi connectivity index (χ2n) is 5.55. The van der Waals surface area contributed by atoms with Gasteiger partial charge in [-0.25, -0.2) is 0 Å². The average molecular weight is 266 g/mol. The fraction of sp³-hybridized carbons (Fsp3) is 0.812. The minimum Gasteiger partial charge on any atom is -0.395 e. The highest BCUT2D eigenvalue weighted by molar-refractivity contribution is 5.40. The van der Waals surface area contributed by atoms with Crippen LogP contribution in [0.15, 0.2) is 10.8 Å². The summed E-state index contributed by atoms with van der Waals surface area (Å²) in [5.41, 5.74) is 7.67. The molecule has 0 bridgehead atoms. The molecule has 1 rings (SSSR count). The largest absolute Gasteiger partial charge is 0.395 e. The van der Waals surface area contributed by atoms with Crippen LogP contribution < -0.4 is 5.73 Å². The van der Waals surface area contributed by atoms with E-state index in [1.54, 1.807) is 6.26 Å². The average Bonchev–Trinajstić information content (AvgIpc) is 2.83. The number of hydrogen-bond acceptors (Lipinski definition) is 3. The highest BCUT2D eigenvalue weighted by atomic mass is 16.5. The summed E-state index contributed by atoms with van der Waals surface area (Å²) in [6.07, 6.45) is 14.4. The molecule has 1 heterocycles. The van der Waals surface area contributed by atoms with E-state index in [0.29, 0.717) is 5.92 Å². The Kier molecular flexibility index (Phi) is 8.35. The van der Waals surface area contributed by atoms with Crippen LogP contribution in [0.3, 0.4) is 0 Å². The van der Waals surface area contributed by atoms with Crippen LogP contribution in [0.2, 0.25) is 0 Å². The molecule has 0 aliphatic rings. The first-order valence-corrected chi connectivity index (χ1v) is 7.99. The molecule has 110 valence electrons. The molecule has 0 radical (unpaired) electrons. The summed E-state index contributed by atoms with van der Waals surface area (Å²) < 4.78 is 5.01. The molecule has 1 aromatic heterocycles. The molecule has 0 saturated carbocycles. The first-order valence-electron chi connectivity index (χ1n) is 7.99. The molecule has 0 spiro atoms. The first kappa shape index (κ1) is 16.1. The molecule has 0 aliphatic heterocycles. The van der Waals surface area contributed by atoms with E-state index in [9.17, 15) is 0 Å². The predicted molar refractivity (Wildman–Crippen MR) is 81.2 cm³/mol. The Hall–Kier alpha value is -0.990. The summed E-state index contributed by atoms with van der Waals surface area (Å²) >= 11 is 0. The maximum atomic E-state index is 5.95. The van der Waals surface area contributed by atoms with Gasteiger partial charge in [0.05, 0.1) is 5.69 Å². The second-order valence-corrected chi connectivity index (χ2v) is 5.55. The zero-order chi connectivity index (χ0) is 13.9. The minimum atomic E-state index is 0.493. The molecule has 0 aromatic carbocycles. The van der Waals surface area contributed by atoms with Gasteiger partial charge in [0.2, 0.25) is 0 Å². The van der Waals surface area contributed by atoms with Gasteiger partial charge in [0.25, 0.3) is 0 Å². The number of nitrogens with zero attached hydrogens (tertiary/aromatic N) is 1. The molecule has 1 aromatic rings. The standard InChI is InChI=1S/C16H30N2O/c1-3-5-7-9-11-14(12-10-8-6-4-2)16-15(17)13-19-18-16/h13-14H,3-12,17H2,1-2H3. The van der Waals surface area contributed by atoms with Gasteiger partial charge in [0.1, 0.15) is 12.0 Å². The molecule has 3 heteroatoms. The molecule has 0 amide bonds. The number of hydrogen-bond donors (Lipinski definition) is 1. The van der Waals surface area contributed by atoms with Crippen LogP contribution in [0.25, 0.3) is 0 Å². The van der Waals surface area contributed by atoms with Crippen molar-refractivity contribution in [1.82, 2.24) is 5.16 Å². The Labute approximate surface area is 117 Å². The van der Waals surface area contributed by atoms with Gasteiger partial charge >= 0.3 is 0 Å².